The van der Waals surface area contributed by atoms with Crippen LogP contribution in [0.3, 0.4) is 0 Å². The molecule has 6 heteroatoms. The molecule has 1 aromatic heterocycles. The van der Waals surface area contributed by atoms with Crippen LogP contribution >= 0.6 is 0 Å². The fourth-order valence-electron chi connectivity index (χ4n) is 1.46. The first-order valence-corrected chi connectivity index (χ1v) is 7.16. The molecule has 0 aliphatic heterocycles. The van der Waals surface area contributed by atoms with E-state index >= 15 is 0 Å². The standard InChI is InChI=1S/C14H14FN3O.C3H9N/c15-8-11(9-16)10-19-13-4-2-12(3-5-13)14-17-6-1-7-18-14;1-4(2)3/h1-8H,9-10,16H2;1-3H3/b11-8-;. The summed E-state index contributed by atoms with van der Waals surface area (Å²) < 4.78 is 17.7. The number of nitrogens with two attached hydrogens (primary N) is 1. The van der Waals surface area contributed by atoms with Crippen molar-refractivity contribution in [2.75, 3.05) is 34.3 Å². The van der Waals surface area contributed by atoms with Crippen LogP contribution in [0.25, 0.3) is 11.4 Å². The zero-order valence-corrected chi connectivity index (χ0v) is 13.7. The molecule has 0 fully saturated rings. The quantitative estimate of drug-likeness (QED) is 0.917. The zero-order valence-electron chi connectivity index (χ0n) is 13.7. The van der Waals surface area contributed by atoms with Gasteiger partial charge in [-0.25, -0.2) is 14.4 Å². The Morgan fingerprint density at radius 3 is 2.22 bits per heavy atom. The van der Waals surface area contributed by atoms with E-state index in [0.29, 0.717) is 23.5 Å². The summed E-state index contributed by atoms with van der Waals surface area (Å²) in [7, 11) is 6.00. The molecule has 1 aromatic carbocycles. The number of aromatic nitrogens is 2. The van der Waals surface area contributed by atoms with Crippen LogP contribution in [0.2, 0.25) is 0 Å². The minimum atomic E-state index is 0.145. The molecule has 0 spiro atoms. The minimum absolute atomic E-state index is 0.145. The van der Waals surface area contributed by atoms with E-state index in [2.05, 4.69) is 9.97 Å². The molecule has 124 valence electrons. The van der Waals surface area contributed by atoms with Crippen molar-refractivity contribution in [1.82, 2.24) is 14.9 Å². The van der Waals surface area contributed by atoms with E-state index in [9.17, 15) is 4.39 Å². The molecule has 2 N–H and O–H groups in total. The van der Waals surface area contributed by atoms with Gasteiger partial charge in [0.05, 0.1) is 6.33 Å². The van der Waals surface area contributed by atoms with Crippen LogP contribution in [0.15, 0.2) is 54.6 Å². The summed E-state index contributed by atoms with van der Waals surface area (Å²) in [4.78, 5) is 10.3. The smallest absolute Gasteiger partial charge is 0.159 e. The van der Waals surface area contributed by atoms with Gasteiger partial charge in [-0.3, -0.25) is 0 Å². The summed E-state index contributed by atoms with van der Waals surface area (Å²) in [6.45, 7) is 0.292. The summed E-state index contributed by atoms with van der Waals surface area (Å²) in [5.74, 6) is 1.30. The van der Waals surface area contributed by atoms with Gasteiger partial charge in [-0.2, -0.15) is 0 Å². The third kappa shape index (κ3) is 7.49. The van der Waals surface area contributed by atoms with E-state index in [-0.39, 0.29) is 13.2 Å². The molecule has 0 unspecified atom stereocenters. The van der Waals surface area contributed by atoms with E-state index < -0.39 is 0 Å². The van der Waals surface area contributed by atoms with Crippen molar-refractivity contribution in [2.24, 2.45) is 5.73 Å². The van der Waals surface area contributed by atoms with Gasteiger partial charge in [-0.1, -0.05) is 0 Å². The summed E-state index contributed by atoms with van der Waals surface area (Å²) >= 11 is 0. The predicted octanol–water partition coefficient (Wildman–Crippen LogP) is 2.51. The molecule has 0 aliphatic rings. The second kappa shape index (κ2) is 10.4. The Morgan fingerprint density at radius 1 is 1.17 bits per heavy atom. The number of halogens is 1. The first-order valence-electron chi connectivity index (χ1n) is 7.16. The van der Waals surface area contributed by atoms with Gasteiger partial charge in [0.1, 0.15) is 12.4 Å². The summed E-state index contributed by atoms with van der Waals surface area (Å²) in [6, 6.07) is 9.05. The molecule has 0 atom stereocenters. The topological polar surface area (TPSA) is 64.3 Å². The monoisotopic (exact) mass is 318 g/mol. The van der Waals surface area contributed by atoms with Gasteiger partial charge < -0.3 is 15.4 Å². The Labute approximate surface area is 136 Å². The van der Waals surface area contributed by atoms with Gasteiger partial charge >= 0.3 is 0 Å². The highest BCUT2D eigenvalue weighted by molar-refractivity contribution is 5.55. The van der Waals surface area contributed by atoms with E-state index in [1.165, 1.54) is 0 Å². The maximum Gasteiger partial charge on any atom is 0.159 e. The summed E-state index contributed by atoms with van der Waals surface area (Å²) in [5.41, 5.74) is 6.65. The van der Waals surface area contributed by atoms with Gasteiger partial charge in [0.2, 0.25) is 0 Å². The highest BCUT2D eigenvalue weighted by Crippen LogP contribution is 2.19. The third-order valence-electron chi connectivity index (χ3n) is 2.52. The minimum Gasteiger partial charge on any atom is -0.489 e. The van der Waals surface area contributed by atoms with Crippen LogP contribution in [0.4, 0.5) is 4.39 Å². The van der Waals surface area contributed by atoms with E-state index in [1.54, 1.807) is 30.6 Å². The van der Waals surface area contributed by atoms with E-state index in [0.717, 1.165) is 5.56 Å². The van der Waals surface area contributed by atoms with Gasteiger partial charge in [0, 0.05) is 30.1 Å². The second-order valence-electron chi connectivity index (χ2n) is 5.20. The van der Waals surface area contributed by atoms with Gasteiger partial charge in [0.25, 0.3) is 0 Å². The molecule has 0 saturated heterocycles. The number of benzene rings is 1. The number of nitrogens with zero attached hydrogens (tertiary/aromatic N) is 3. The van der Waals surface area contributed by atoms with Gasteiger partial charge in [-0.05, 0) is 51.5 Å². The zero-order chi connectivity index (χ0) is 17.1. The fraction of sp³-hybridized carbons (Fsp3) is 0.294. The molecular weight excluding hydrogens is 295 g/mol. The normalized spacial score (nSPS) is 11.0. The fourth-order valence-corrected chi connectivity index (χ4v) is 1.46. The molecule has 0 saturated carbocycles. The molecule has 2 aromatic rings. The molecular formula is C17H23FN4O. The average molecular weight is 318 g/mol. The van der Waals surface area contributed by atoms with Crippen LogP contribution in [0, 0.1) is 0 Å². The van der Waals surface area contributed by atoms with Crippen molar-refractivity contribution < 1.29 is 9.13 Å². The molecule has 2 rings (SSSR count). The Kier molecular flexibility index (Phi) is 8.49. The van der Waals surface area contributed by atoms with Crippen LogP contribution in [-0.4, -0.2) is 49.2 Å². The Morgan fingerprint density at radius 2 is 1.74 bits per heavy atom. The maximum absolute atomic E-state index is 12.3. The number of ether oxygens (including phenoxy) is 1. The molecule has 0 aliphatic carbocycles. The van der Waals surface area contributed by atoms with Crippen molar-refractivity contribution >= 4 is 0 Å². The van der Waals surface area contributed by atoms with Crippen LogP contribution in [0.1, 0.15) is 0 Å². The van der Waals surface area contributed by atoms with Gasteiger partial charge in [-0.15, -0.1) is 0 Å². The lowest BCUT2D eigenvalue weighted by atomic mass is 10.2. The van der Waals surface area contributed by atoms with Crippen molar-refractivity contribution in [3.63, 3.8) is 0 Å². The number of hydrogen-bond acceptors (Lipinski definition) is 5. The Hall–Kier alpha value is -2.31. The molecule has 1 heterocycles. The lowest BCUT2D eigenvalue weighted by Gasteiger charge is -2.07. The lowest BCUT2D eigenvalue weighted by Crippen LogP contribution is -2.10. The average Bonchev–Trinajstić information content (AvgIpc) is 2.57. The molecule has 0 bridgehead atoms. The second-order valence-corrected chi connectivity index (χ2v) is 5.20. The van der Waals surface area contributed by atoms with Crippen LogP contribution < -0.4 is 10.5 Å². The Balaban J connectivity index is 0.000000593. The molecule has 23 heavy (non-hydrogen) atoms. The Bertz CT molecular complexity index is 583. The third-order valence-corrected chi connectivity index (χ3v) is 2.52. The summed E-state index contributed by atoms with van der Waals surface area (Å²) in [5, 5.41) is 0. The van der Waals surface area contributed by atoms with Crippen molar-refractivity contribution in [3.05, 3.63) is 54.6 Å². The first kappa shape index (κ1) is 18.7. The predicted molar refractivity (Wildman–Crippen MR) is 90.8 cm³/mol. The molecule has 5 nitrogen and oxygen atoms in total. The highest BCUT2D eigenvalue weighted by atomic mass is 19.1. The van der Waals surface area contributed by atoms with Crippen molar-refractivity contribution in [1.29, 1.82) is 0 Å². The maximum atomic E-state index is 12.3. The van der Waals surface area contributed by atoms with Crippen LogP contribution in [0.5, 0.6) is 5.75 Å². The number of rotatable bonds is 5. The van der Waals surface area contributed by atoms with Crippen molar-refractivity contribution in [2.45, 2.75) is 0 Å². The SMILES string of the molecule is CN(C)C.NC/C(=C/F)COc1ccc(-c2ncccn2)cc1. The van der Waals surface area contributed by atoms with Crippen LogP contribution in [-0.2, 0) is 0 Å². The highest BCUT2D eigenvalue weighted by Gasteiger charge is 2.01. The first-order chi connectivity index (χ1) is 11.1. The largest absolute Gasteiger partial charge is 0.489 e. The molecule has 0 amide bonds. The summed E-state index contributed by atoms with van der Waals surface area (Å²) in [6.07, 6.45) is 3.85. The molecule has 0 radical (unpaired) electrons. The van der Waals surface area contributed by atoms with E-state index in [1.807, 2.05) is 38.2 Å². The number of hydrogen-bond donors (Lipinski definition) is 1. The van der Waals surface area contributed by atoms with E-state index in [4.69, 9.17) is 10.5 Å². The van der Waals surface area contributed by atoms with Crippen molar-refractivity contribution in [3.8, 4) is 17.1 Å². The van der Waals surface area contributed by atoms with Gasteiger partial charge in [0.15, 0.2) is 5.82 Å². The lowest BCUT2D eigenvalue weighted by molar-refractivity contribution is 0.347.